The van der Waals surface area contributed by atoms with Gasteiger partial charge in [0.25, 0.3) is 0 Å². The van der Waals surface area contributed by atoms with Crippen molar-refractivity contribution in [3.63, 3.8) is 0 Å². The second kappa shape index (κ2) is 11.6. The van der Waals surface area contributed by atoms with Gasteiger partial charge in [0.2, 0.25) is 12.7 Å². The SMILES string of the molecule is Cl.Cl.O=C(Cc1csc(-c2ccc3c(c2)OCO3)n1)NCCCN1CCNCC1. The Balaban J connectivity index is 0.00000150. The lowest BCUT2D eigenvalue weighted by atomic mass is 10.2. The first kappa shape index (κ1) is 23.7. The summed E-state index contributed by atoms with van der Waals surface area (Å²) in [5, 5.41) is 9.18. The zero-order valence-electron chi connectivity index (χ0n) is 16.0. The van der Waals surface area contributed by atoms with Crippen LogP contribution in [0.1, 0.15) is 12.1 Å². The minimum atomic E-state index is 0. The molecule has 2 aliphatic rings. The third kappa shape index (κ3) is 6.45. The van der Waals surface area contributed by atoms with E-state index in [0.717, 1.165) is 66.9 Å². The maximum Gasteiger partial charge on any atom is 0.231 e. The molecule has 1 aromatic heterocycles. The molecule has 2 aliphatic heterocycles. The fourth-order valence-corrected chi connectivity index (χ4v) is 4.06. The maximum atomic E-state index is 12.2. The topological polar surface area (TPSA) is 75.7 Å². The Morgan fingerprint density at radius 2 is 2.00 bits per heavy atom. The average molecular weight is 461 g/mol. The number of amides is 1. The molecule has 0 aliphatic carbocycles. The zero-order chi connectivity index (χ0) is 18.5. The van der Waals surface area contributed by atoms with Crippen molar-refractivity contribution in [2.75, 3.05) is 46.1 Å². The van der Waals surface area contributed by atoms with E-state index in [1.165, 1.54) is 11.3 Å². The molecule has 3 heterocycles. The van der Waals surface area contributed by atoms with Gasteiger partial charge >= 0.3 is 0 Å². The third-order valence-corrected chi connectivity index (χ3v) is 5.64. The third-order valence-electron chi connectivity index (χ3n) is 4.70. The smallest absolute Gasteiger partial charge is 0.231 e. The van der Waals surface area contributed by atoms with Crippen LogP contribution < -0.4 is 20.1 Å². The average Bonchev–Trinajstić information content (AvgIpc) is 3.34. The summed E-state index contributed by atoms with van der Waals surface area (Å²) in [7, 11) is 0. The number of hydrogen-bond donors (Lipinski definition) is 2. The molecule has 0 radical (unpaired) electrons. The van der Waals surface area contributed by atoms with Gasteiger partial charge in [-0.25, -0.2) is 4.98 Å². The number of fused-ring (bicyclic) bond motifs is 1. The largest absolute Gasteiger partial charge is 0.454 e. The van der Waals surface area contributed by atoms with Crippen molar-refractivity contribution in [2.45, 2.75) is 12.8 Å². The summed E-state index contributed by atoms with van der Waals surface area (Å²) in [5.41, 5.74) is 1.78. The number of carbonyl (C=O) groups excluding carboxylic acids is 1. The second-order valence-electron chi connectivity index (χ2n) is 6.68. The lowest BCUT2D eigenvalue weighted by Gasteiger charge is -2.27. The van der Waals surface area contributed by atoms with E-state index < -0.39 is 0 Å². The minimum absolute atomic E-state index is 0. The first-order valence-electron chi connectivity index (χ1n) is 9.32. The van der Waals surface area contributed by atoms with Gasteiger partial charge in [-0.05, 0) is 31.2 Å². The number of ether oxygens (including phenoxy) is 2. The van der Waals surface area contributed by atoms with Crippen molar-refractivity contribution >= 4 is 42.1 Å². The van der Waals surface area contributed by atoms with E-state index in [-0.39, 0.29) is 37.5 Å². The summed E-state index contributed by atoms with van der Waals surface area (Å²) in [6.07, 6.45) is 1.29. The number of rotatable bonds is 7. The molecule has 160 valence electrons. The summed E-state index contributed by atoms with van der Waals surface area (Å²) in [4.78, 5) is 19.2. The van der Waals surface area contributed by atoms with E-state index in [9.17, 15) is 4.79 Å². The predicted molar refractivity (Wildman–Crippen MR) is 119 cm³/mol. The molecule has 2 N–H and O–H groups in total. The van der Waals surface area contributed by atoms with E-state index in [1.54, 1.807) is 0 Å². The molecule has 0 saturated carbocycles. The van der Waals surface area contributed by atoms with E-state index in [2.05, 4.69) is 20.5 Å². The first-order chi connectivity index (χ1) is 13.3. The standard InChI is InChI=1S/C19H24N4O3S.2ClH/c24-18(21-4-1-7-23-8-5-20-6-9-23)11-15-12-27-19(22-15)14-2-3-16-17(10-14)26-13-25-16;;/h2-3,10,12,20H,1,4-9,11,13H2,(H,21,24);2*1H. The number of halogens is 2. The molecular formula is C19H26Cl2N4O3S. The van der Waals surface area contributed by atoms with Crippen molar-refractivity contribution in [3.8, 4) is 22.1 Å². The van der Waals surface area contributed by atoms with Crippen LogP contribution >= 0.6 is 36.2 Å². The Labute approximate surface area is 187 Å². The number of aromatic nitrogens is 1. The summed E-state index contributed by atoms with van der Waals surface area (Å²) in [5.74, 6) is 1.53. The Hall–Kier alpha value is -1.58. The van der Waals surface area contributed by atoms with Gasteiger partial charge in [0.05, 0.1) is 12.1 Å². The van der Waals surface area contributed by atoms with E-state index >= 15 is 0 Å². The molecule has 1 amide bonds. The number of thiazole rings is 1. The number of piperazine rings is 1. The molecule has 1 fully saturated rings. The van der Waals surface area contributed by atoms with Gasteiger partial charge in [0, 0.05) is 43.7 Å². The lowest BCUT2D eigenvalue weighted by Crippen LogP contribution is -2.44. The summed E-state index contributed by atoms with van der Waals surface area (Å²) < 4.78 is 10.7. The Morgan fingerprint density at radius 1 is 1.21 bits per heavy atom. The summed E-state index contributed by atoms with van der Waals surface area (Å²) >= 11 is 1.54. The molecule has 4 rings (SSSR count). The van der Waals surface area contributed by atoms with E-state index in [4.69, 9.17) is 9.47 Å². The summed E-state index contributed by atoms with van der Waals surface area (Å²) in [6, 6.07) is 5.79. The van der Waals surface area contributed by atoms with Gasteiger partial charge in [-0.3, -0.25) is 4.79 Å². The minimum Gasteiger partial charge on any atom is -0.454 e. The monoisotopic (exact) mass is 460 g/mol. The molecule has 1 aromatic carbocycles. The van der Waals surface area contributed by atoms with Gasteiger partial charge < -0.3 is 25.0 Å². The molecule has 10 heteroatoms. The Morgan fingerprint density at radius 3 is 2.83 bits per heavy atom. The predicted octanol–water partition coefficient (Wildman–Crippen LogP) is 2.34. The second-order valence-corrected chi connectivity index (χ2v) is 7.54. The van der Waals surface area contributed by atoms with Crippen LogP contribution in [0.2, 0.25) is 0 Å². The lowest BCUT2D eigenvalue weighted by molar-refractivity contribution is -0.120. The van der Waals surface area contributed by atoms with Crippen LogP contribution in [0.25, 0.3) is 10.6 Å². The van der Waals surface area contributed by atoms with Crippen LogP contribution in [0.4, 0.5) is 0 Å². The fraction of sp³-hybridized carbons (Fsp3) is 0.474. The highest BCUT2D eigenvalue weighted by atomic mass is 35.5. The molecule has 0 spiro atoms. The molecule has 0 atom stereocenters. The highest BCUT2D eigenvalue weighted by Gasteiger charge is 2.16. The molecule has 0 bridgehead atoms. The fourth-order valence-electron chi connectivity index (χ4n) is 3.24. The van der Waals surface area contributed by atoms with E-state index in [1.807, 2.05) is 23.6 Å². The summed E-state index contributed by atoms with van der Waals surface area (Å²) in [6.45, 7) is 6.31. The van der Waals surface area contributed by atoms with Gasteiger partial charge in [-0.2, -0.15) is 0 Å². The van der Waals surface area contributed by atoms with Crippen LogP contribution in [0.15, 0.2) is 23.6 Å². The van der Waals surface area contributed by atoms with E-state index in [0.29, 0.717) is 13.0 Å². The Bertz CT molecular complexity index is 800. The van der Waals surface area contributed by atoms with Crippen molar-refractivity contribution in [3.05, 3.63) is 29.3 Å². The molecule has 2 aromatic rings. The first-order valence-corrected chi connectivity index (χ1v) is 10.2. The van der Waals surface area contributed by atoms with Gasteiger partial charge in [-0.1, -0.05) is 0 Å². The van der Waals surface area contributed by atoms with Crippen molar-refractivity contribution in [1.29, 1.82) is 0 Å². The van der Waals surface area contributed by atoms with Crippen molar-refractivity contribution < 1.29 is 14.3 Å². The molecule has 7 nitrogen and oxygen atoms in total. The molecule has 0 unspecified atom stereocenters. The van der Waals surface area contributed by atoms with Gasteiger partial charge in [0.15, 0.2) is 11.5 Å². The van der Waals surface area contributed by atoms with Crippen LogP contribution in [-0.2, 0) is 11.2 Å². The number of nitrogens with zero attached hydrogens (tertiary/aromatic N) is 2. The normalized spacial score (nSPS) is 15.3. The Kier molecular flexibility index (Phi) is 9.45. The van der Waals surface area contributed by atoms with Crippen molar-refractivity contribution in [1.82, 2.24) is 20.5 Å². The van der Waals surface area contributed by atoms with Gasteiger partial charge in [-0.15, -0.1) is 36.2 Å². The molecular weight excluding hydrogens is 435 g/mol. The number of hydrogen-bond acceptors (Lipinski definition) is 7. The highest BCUT2D eigenvalue weighted by molar-refractivity contribution is 7.13. The number of carbonyl (C=O) groups is 1. The van der Waals surface area contributed by atoms with Crippen LogP contribution in [-0.4, -0.2) is 61.9 Å². The quantitative estimate of drug-likeness (QED) is 0.617. The van der Waals surface area contributed by atoms with Gasteiger partial charge in [0.1, 0.15) is 5.01 Å². The maximum absolute atomic E-state index is 12.2. The van der Waals surface area contributed by atoms with Crippen molar-refractivity contribution in [2.24, 2.45) is 0 Å². The number of benzene rings is 1. The molecule has 1 saturated heterocycles. The zero-order valence-corrected chi connectivity index (χ0v) is 18.5. The highest BCUT2D eigenvalue weighted by Crippen LogP contribution is 2.36. The molecule has 29 heavy (non-hydrogen) atoms. The van der Waals surface area contributed by atoms with Crippen LogP contribution in [0.5, 0.6) is 11.5 Å². The van der Waals surface area contributed by atoms with Crippen LogP contribution in [0, 0.1) is 0 Å². The number of nitrogens with one attached hydrogen (secondary N) is 2. The van der Waals surface area contributed by atoms with Crippen LogP contribution in [0.3, 0.4) is 0 Å².